The summed E-state index contributed by atoms with van der Waals surface area (Å²) in [7, 11) is 1.47. The van der Waals surface area contributed by atoms with Crippen LogP contribution in [0.5, 0.6) is 17.2 Å². The molecule has 4 aromatic carbocycles. The second-order valence-corrected chi connectivity index (χ2v) is 9.64. The first kappa shape index (κ1) is 28.5. The van der Waals surface area contributed by atoms with Crippen molar-refractivity contribution in [2.24, 2.45) is 0 Å². The molecule has 0 spiro atoms. The Bertz CT molecular complexity index is 1580. The van der Waals surface area contributed by atoms with E-state index in [9.17, 15) is 27.9 Å². The lowest BCUT2D eigenvalue weighted by molar-refractivity contribution is -0.155. The van der Waals surface area contributed by atoms with Crippen LogP contribution in [0.1, 0.15) is 28.4 Å². The summed E-state index contributed by atoms with van der Waals surface area (Å²) >= 11 is 0. The molecule has 0 saturated heterocycles. The summed E-state index contributed by atoms with van der Waals surface area (Å²) in [6.07, 6.45) is -1.76. The number of hydrogen-bond donors (Lipinski definition) is 1. The van der Waals surface area contributed by atoms with E-state index >= 15 is 0 Å². The molecular formula is C32H26F3NO6. The molecule has 0 fully saturated rings. The highest BCUT2D eigenvalue weighted by molar-refractivity contribution is 5.88. The van der Waals surface area contributed by atoms with E-state index in [0.717, 1.165) is 10.5 Å². The smallest absolute Gasteiger partial charge is 0.326 e. The molecule has 0 radical (unpaired) electrons. The summed E-state index contributed by atoms with van der Waals surface area (Å²) in [4.78, 5) is 27.6. The van der Waals surface area contributed by atoms with E-state index in [0.29, 0.717) is 34.8 Å². The number of benzene rings is 4. The van der Waals surface area contributed by atoms with Crippen molar-refractivity contribution in [1.82, 2.24) is 4.90 Å². The van der Waals surface area contributed by atoms with Gasteiger partial charge in [0.1, 0.15) is 18.5 Å². The van der Waals surface area contributed by atoms with Gasteiger partial charge in [0, 0.05) is 36.2 Å². The molecule has 0 saturated carbocycles. The zero-order valence-corrected chi connectivity index (χ0v) is 22.4. The lowest BCUT2D eigenvalue weighted by Gasteiger charge is -2.37. The maximum absolute atomic E-state index is 14.6. The predicted molar refractivity (Wildman–Crippen MR) is 146 cm³/mol. The Morgan fingerprint density at radius 2 is 1.57 bits per heavy atom. The SMILES string of the molecule is COc1ccc2c(c1OCc1ccccc1)CC(C(=O)O)N(C(=O)C(Oc1c(F)cc(F)cc1F)c1ccccc1)C2. The van der Waals surface area contributed by atoms with Crippen molar-refractivity contribution >= 4 is 11.9 Å². The fourth-order valence-corrected chi connectivity index (χ4v) is 4.92. The van der Waals surface area contributed by atoms with Gasteiger partial charge in [0.2, 0.25) is 6.10 Å². The van der Waals surface area contributed by atoms with Gasteiger partial charge in [-0.25, -0.2) is 18.0 Å². The maximum atomic E-state index is 14.6. The normalized spacial score (nSPS) is 15.0. The molecule has 216 valence electrons. The van der Waals surface area contributed by atoms with E-state index < -0.39 is 47.2 Å². The van der Waals surface area contributed by atoms with Gasteiger partial charge in [0.15, 0.2) is 28.9 Å². The van der Waals surface area contributed by atoms with E-state index in [1.54, 1.807) is 30.3 Å². The minimum atomic E-state index is -1.63. The Morgan fingerprint density at radius 1 is 0.929 bits per heavy atom. The number of aliphatic carboxylic acids is 1. The predicted octanol–water partition coefficient (Wildman–Crippen LogP) is 5.85. The fraction of sp³-hybridized carbons (Fsp3) is 0.188. The average Bonchev–Trinajstić information content (AvgIpc) is 2.99. The van der Waals surface area contributed by atoms with Crippen LogP contribution in [0.2, 0.25) is 0 Å². The molecule has 0 bridgehead atoms. The van der Waals surface area contributed by atoms with E-state index in [2.05, 4.69) is 0 Å². The van der Waals surface area contributed by atoms with Crippen molar-refractivity contribution < 1.29 is 42.1 Å². The number of amides is 1. The molecule has 0 aliphatic carbocycles. The Labute approximate surface area is 239 Å². The number of halogens is 3. The van der Waals surface area contributed by atoms with E-state index in [1.807, 2.05) is 30.3 Å². The quantitative estimate of drug-likeness (QED) is 0.269. The lowest BCUT2D eigenvalue weighted by Crippen LogP contribution is -2.51. The number of hydrogen-bond acceptors (Lipinski definition) is 5. The summed E-state index contributed by atoms with van der Waals surface area (Å²) in [6.45, 7) is 0.0463. The van der Waals surface area contributed by atoms with Gasteiger partial charge < -0.3 is 24.2 Å². The first-order valence-electron chi connectivity index (χ1n) is 13.0. The van der Waals surface area contributed by atoms with Crippen LogP contribution in [0, 0.1) is 17.5 Å². The summed E-state index contributed by atoms with van der Waals surface area (Å²) in [5, 5.41) is 10.2. The van der Waals surface area contributed by atoms with Crippen LogP contribution in [0.4, 0.5) is 13.2 Å². The molecule has 1 heterocycles. The van der Waals surface area contributed by atoms with Gasteiger partial charge in [-0.3, -0.25) is 4.79 Å². The van der Waals surface area contributed by atoms with Crippen LogP contribution < -0.4 is 14.2 Å². The molecule has 2 atom stereocenters. The number of rotatable bonds is 9. The minimum absolute atomic E-state index is 0.126. The number of carboxylic acid groups (broad SMARTS) is 1. The number of ether oxygens (including phenoxy) is 3. The Kier molecular flexibility index (Phi) is 8.33. The average molecular weight is 578 g/mol. The van der Waals surface area contributed by atoms with Crippen LogP contribution >= 0.6 is 0 Å². The highest BCUT2D eigenvalue weighted by atomic mass is 19.1. The van der Waals surface area contributed by atoms with Crippen LogP contribution in [0.3, 0.4) is 0 Å². The summed E-state index contributed by atoms with van der Waals surface area (Å²) in [5.41, 5.74) is 2.29. The first-order chi connectivity index (χ1) is 20.3. The molecule has 1 N–H and O–H groups in total. The number of methoxy groups -OCH3 is 1. The van der Waals surface area contributed by atoms with Crippen molar-refractivity contribution in [2.45, 2.75) is 31.7 Å². The number of nitrogens with zero attached hydrogens (tertiary/aromatic N) is 1. The van der Waals surface area contributed by atoms with Crippen molar-refractivity contribution in [2.75, 3.05) is 7.11 Å². The summed E-state index contributed by atoms with van der Waals surface area (Å²) in [5.74, 6) is -6.16. The highest BCUT2D eigenvalue weighted by Crippen LogP contribution is 2.40. The number of fused-ring (bicyclic) bond motifs is 1. The molecule has 1 aliphatic heterocycles. The largest absolute Gasteiger partial charge is 0.493 e. The van der Waals surface area contributed by atoms with E-state index in [-0.39, 0.29) is 25.1 Å². The lowest BCUT2D eigenvalue weighted by atomic mass is 9.91. The molecule has 10 heteroatoms. The zero-order valence-electron chi connectivity index (χ0n) is 22.4. The van der Waals surface area contributed by atoms with Gasteiger partial charge in [0.25, 0.3) is 5.91 Å². The van der Waals surface area contributed by atoms with Crippen molar-refractivity contribution in [1.29, 1.82) is 0 Å². The van der Waals surface area contributed by atoms with Gasteiger partial charge in [-0.2, -0.15) is 0 Å². The number of carboxylic acids is 1. The van der Waals surface area contributed by atoms with E-state index in [4.69, 9.17) is 14.2 Å². The molecule has 5 rings (SSSR count). The fourth-order valence-electron chi connectivity index (χ4n) is 4.92. The van der Waals surface area contributed by atoms with Crippen LogP contribution in [-0.4, -0.2) is 35.0 Å². The van der Waals surface area contributed by atoms with E-state index in [1.165, 1.54) is 19.2 Å². The molecule has 7 nitrogen and oxygen atoms in total. The topological polar surface area (TPSA) is 85.3 Å². The van der Waals surface area contributed by atoms with Gasteiger partial charge in [-0.15, -0.1) is 0 Å². The number of carbonyl (C=O) groups is 2. The molecule has 1 amide bonds. The van der Waals surface area contributed by atoms with Gasteiger partial charge in [0.05, 0.1) is 7.11 Å². The third-order valence-electron chi connectivity index (χ3n) is 6.98. The monoisotopic (exact) mass is 577 g/mol. The maximum Gasteiger partial charge on any atom is 0.326 e. The van der Waals surface area contributed by atoms with Crippen molar-refractivity contribution in [3.63, 3.8) is 0 Å². The molecule has 42 heavy (non-hydrogen) atoms. The third-order valence-corrected chi connectivity index (χ3v) is 6.98. The Morgan fingerprint density at radius 3 is 2.19 bits per heavy atom. The molecule has 4 aromatic rings. The molecular weight excluding hydrogens is 551 g/mol. The number of carbonyl (C=O) groups excluding carboxylic acids is 1. The third kappa shape index (κ3) is 5.88. The van der Waals surface area contributed by atoms with Crippen LogP contribution in [0.25, 0.3) is 0 Å². The van der Waals surface area contributed by atoms with Gasteiger partial charge >= 0.3 is 5.97 Å². The zero-order chi connectivity index (χ0) is 29.8. The van der Waals surface area contributed by atoms with Crippen LogP contribution in [-0.2, 0) is 29.2 Å². The second-order valence-electron chi connectivity index (χ2n) is 9.64. The van der Waals surface area contributed by atoms with Gasteiger partial charge in [-0.1, -0.05) is 66.7 Å². The molecule has 2 unspecified atom stereocenters. The van der Waals surface area contributed by atoms with Crippen molar-refractivity contribution in [3.05, 3.63) is 125 Å². The summed E-state index contributed by atoms with van der Waals surface area (Å²) < 4.78 is 59.8. The van der Waals surface area contributed by atoms with Crippen molar-refractivity contribution in [3.8, 4) is 17.2 Å². The molecule has 0 aromatic heterocycles. The minimum Gasteiger partial charge on any atom is -0.493 e. The first-order valence-corrected chi connectivity index (χ1v) is 13.0. The molecule has 1 aliphatic rings. The Hall–Kier alpha value is -4.99. The Balaban J connectivity index is 1.51. The van der Waals surface area contributed by atoms with Crippen LogP contribution in [0.15, 0.2) is 84.9 Å². The highest BCUT2D eigenvalue weighted by Gasteiger charge is 2.41. The second kappa shape index (κ2) is 12.3. The standard InChI is InChI=1S/C32H26F3NO6/c1-40-27-13-12-21-17-36(26(32(38)39)16-23(21)29(27)41-18-19-8-4-2-5-9-19)31(37)28(20-10-6-3-7-11-20)42-30-24(34)14-22(33)15-25(30)35/h2-15,26,28H,16-18H2,1H3,(H,38,39). The van der Waals surface area contributed by atoms with Gasteiger partial charge in [-0.05, 0) is 17.2 Å². The summed E-state index contributed by atoms with van der Waals surface area (Å²) in [6, 6.07) is 20.2.